The second kappa shape index (κ2) is 6.22. The molecule has 26 heavy (non-hydrogen) atoms. The van der Waals surface area contributed by atoms with Crippen molar-refractivity contribution in [2.45, 2.75) is 20.3 Å². The van der Waals surface area contributed by atoms with Gasteiger partial charge in [0.15, 0.2) is 5.82 Å². The number of rotatable bonds is 3. The van der Waals surface area contributed by atoms with E-state index in [2.05, 4.69) is 20.3 Å². The summed E-state index contributed by atoms with van der Waals surface area (Å²) in [4.78, 5) is 27.0. The molecule has 1 aliphatic rings. The zero-order valence-corrected chi connectivity index (χ0v) is 14.9. The first-order valence-electron chi connectivity index (χ1n) is 8.45. The molecule has 1 aromatic carbocycles. The summed E-state index contributed by atoms with van der Waals surface area (Å²) >= 11 is 0. The van der Waals surface area contributed by atoms with Crippen molar-refractivity contribution in [3.8, 4) is 11.4 Å². The number of nitrogens with one attached hydrogen (secondary N) is 1. The van der Waals surface area contributed by atoms with Gasteiger partial charge in [0, 0.05) is 47.6 Å². The monoisotopic (exact) mass is 345 g/mol. The fourth-order valence-electron chi connectivity index (χ4n) is 3.06. The van der Waals surface area contributed by atoms with Crippen LogP contribution in [-0.4, -0.2) is 27.9 Å². The van der Waals surface area contributed by atoms with Crippen LogP contribution in [0.25, 0.3) is 11.4 Å². The van der Waals surface area contributed by atoms with E-state index in [1.54, 1.807) is 24.3 Å². The van der Waals surface area contributed by atoms with Crippen molar-refractivity contribution in [2.24, 2.45) is 0 Å². The van der Waals surface area contributed by atoms with Crippen molar-refractivity contribution in [1.29, 1.82) is 0 Å². The Hall–Kier alpha value is -3.28. The van der Waals surface area contributed by atoms with Crippen molar-refractivity contribution in [3.63, 3.8) is 0 Å². The lowest BCUT2D eigenvalue weighted by atomic mass is 10.1. The van der Waals surface area contributed by atoms with Gasteiger partial charge in [0.25, 0.3) is 0 Å². The van der Waals surface area contributed by atoms with Crippen LogP contribution < -0.4 is 10.2 Å². The third kappa shape index (κ3) is 2.79. The molecule has 0 bridgehead atoms. The average Bonchev–Trinajstić information content (AvgIpc) is 2.93. The summed E-state index contributed by atoms with van der Waals surface area (Å²) in [5.41, 5.74) is 5.68. The van der Waals surface area contributed by atoms with Crippen LogP contribution in [0.4, 0.5) is 17.2 Å². The van der Waals surface area contributed by atoms with Gasteiger partial charge in [0.1, 0.15) is 5.82 Å². The normalized spacial score (nSPS) is 13.0. The number of aryl methyl sites for hydroxylation is 1. The standard InChI is InChI=1S/C20H19N5O/c1-12-13(2)22-20(14-5-4-8-21-11-14)24-19(12)23-16-6-7-17-15(9-16)10-18(26)25(17)3/h4-9,11H,10H2,1-3H3,(H,22,23,24). The van der Waals surface area contributed by atoms with Gasteiger partial charge in [-0.15, -0.1) is 0 Å². The minimum Gasteiger partial charge on any atom is -0.340 e. The Balaban J connectivity index is 1.70. The van der Waals surface area contributed by atoms with Gasteiger partial charge < -0.3 is 10.2 Å². The molecule has 0 unspecified atom stereocenters. The van der Waals surface area contributed by atoms with E-state index in [4.69, 9.17) is 0 Å². The topological polar surface area (TPSA) is 71.0 Å². The lowest BCUT2D eigenvalue weighted by molar-refractivity contribution is -0.117. The molecule has 6 nitrogen and oxygen atoms in total. The smallest absolute Gasteiger partial charge is 0.231 e. The van der Waals surface area contributed by atoms with E-state index in [9.17, 15) is 4.79 Å². The van der Waals surface area contributed by atoms with Gasteiger partial charge in [-0.05, 0) is 49.7 Å². The molecular weight excluding hydrogens is 326 g/mol. The predicted molar refractivity (Wildman–Crippen MR) is 102 cm³/mol. The molecular formula is C20H19N5O. The Kier molecular flexibility index (Phi) is 3.88. The van der Waals surface area contributed by atoms with E-state index in [0.29, 0.717) is 12.2 Å². The number of benzene rings is 1. The summed E-state index contributed by atoms with van der Waals surface area (Å²) in [6.45, 7) is 3.97. The molecule has 0 radical (unpaired) electrons. The largest absolute Gasteiger partial charge is 0.340 e. The molecule has 2 aromatic heterocycles. The van der Waals surface area contributed by atoms with Gasteiger partial charge in [-0.3, -0.25) is 9.78 Å². The first kappa shape index (κ1) is 16.2. The molecule has 6 heteroatoms. The first-order valence-corrected chi connectivity index (χ1v) is 8.45. The highest BCUT2D eigenvalue weighted by Gasteiger charge is 2.24. The van der Waals surface area contributed by atoms with Crippen molar-refractivity contribution >= 4 is 23.1 Å². The Morgan fingerprint density at radius 3 is 2.77 bits per heavy atom. The van der Waals surface area contributed by atoms with E-state index in [0.717, 1.165) is 39.6 Å². The molecule has 0 saturated heterocycles. The van der Waals surface area contributed by atoms with Gasteiger partial charge in [-0.2, -0.15) is 0 Å². The van der Waals surface area contributed by atoms with E-state index in [1.165, 1.54) is 0 Å². The zero-order chi connectivity index (χ0) is 18.3. The van der Waals surface area contributed by atoms with Gasteiger partial charge in [0.2, 0.25) is 5.91 Å². The average molecular weight is 345 g/mol. The fourth-order valence-corrected chi connectivity index (χ4v) is 3.06. The predicted octanol–water partition coefficient (Wildman–Crippen LogP) is 3.42. The number of aromatic nitrogens is 3. The number of likely N-dealkylation sites (N-methyl/N-ethyl adjacent to an activating group) is 1. The molecule has 1 amide bonds. The van der Waals surface area contributed by atoms with Crippen molar-refractivity contribution < 1.29 is 4.79 Å². The zero-order valence-electron chi connectivity index (χ0n) is 14.9. The van der Waals surface area contributed by atoms with E-state index >= 15 is 0 Å². The number of hydrogen-bond donors (Lipinski definition) is 1. The second-order valence-corrected chi connectivity index (χ2v) is 6.45. The molecule has 0 fully saturated rings. The number of carbonyl (C=O) groups is 1. The molecule has 130 valence electrons. The minimum absolute atomic E-state index is 0.116. The Labute approximate surface area is 151 Å². The number of anilines is 3. The fraction of sp³-hybridized carbons (Fsp3) is 0.200. The maximum absolute atomic E-state index is 11.9. The first-order chi connectivity index (χ1) is 12.5. The van der Waals surface area contributed by atoms with Crippen LogP contribution >= 0.6 is 0 Å². The second-order valence-electron chi connectivity index (χ2n) is 6.45. The van der Waals surface area contributed by atoms with Crippen molar-refractivity contribution in [1.82, 2.24) is 15.0 Å². The van der Waals surface area contributed by atoms with E-state index in [1.807, 2.05) is 44.2 Å². The van der Waals surface area contributed by atoms with Gasteiger partial charge >= 0.3 is 0 Å². The van der Waals surface area contributed by atoms with Gasteiger partial charge in [0.05, 0.1) is 6.42 Å². The molecule has 0 atom stereocenters. The van der Waals surface area contributed by atoms with Crippen LogP contribution in [-0.2, 0) is 11.2 Å². The Bertz CT molecular complexity index is 1000. The molecule has 0 aliphatic carbocycles. The third-order valence-electron chi connectivity index (χ3n) is 4.73. The van der Waals surface area contributed by atoms with E-state index in [-0.39, 0.29) is 5.91 Å². The summed E-state index contributed by atoms with van der Waals surface area (Å²) < 4.78 is 0. The van der Waals surface area contributed by atoms with Gasteiger partial charge in [-0.1, -0.05) is 0 Å². The van der Waals surface area contributed by atoms with Crippen molar-refractivity contribution in [3.05, 3.63) is 59.5 Å². The highest BCUT2D eigenvalue weighted by atomic mass is 16.2. The number of nitrogens with zero attached hydrogens (tertiary/aromatic N) is 4. The lowest BCUT2D eigenvalue weighted by Gasteiger charge is -2.14. The van der Waals surface area contributed by atoms with Crippen LogP contribution in [0.1, 0.15) is 16.8 Å². The SMILES string of the molecule is Cc1nc(-c2cccnc2)nc(Nc2ccc3c(c2)CC(=O)N3C)c1C. The molecule has 0 saturated carbocycles. The van der Waals surface area contributed by atoms with Crippen LogP contribution in [0.2, 0.25) is 0 Å². The summed E-state index contributed by atoms with van der Waals surface area (Å²) in [5, 5.41) is 3.38. The quantitative estimate of drug-likeness (QED) is 0.787. The van der Waals surface area contributed by atoms with Crippen LogP contribution in [0.15, 0.2) is 42.7 Å². The maximum Gasteiger partial charge on any atom is 0.231 e. The number of amides is 1. The Morgan fingerprint density at radius 2 is 2.00 bits per heavy atom. The van der Waals surface area contributed by atoms with Crippen LogP contribution in [0, 0.1) is 13.8 Å². The minimum atomic E-state index is 0.116. The Morgan fingerprint density at radius 1 is 1.15 bits per heavy atom. The van der Waals surface area contributed by atoms with Crippen LogP contribution in [0.5, 0.6) is 0 Å². The van der Waals surface area contributed by atoms with Crippen molar-refractivity contribution in [2.75, 3.05) is 17.3 Å². The maximum atomic E-state index is 11.9. The molecule has 1 aliphatic heterocycles. The molecule has 1 N–H and O–H groups in total. The summed E-state index contributed by atoms with van der Waals surface area (Å²) in [6.07, 6.45) is 3.92. The van der Waals surface area contributed by atoms with Crippen LogP contribution in [0.3, 0.4) is 0 Å². The summed E-state index contributed by atoms with van der Waals surface area (Å²) in [6, 6.07) is 9.76. The van der Waals surface area contributed by atoms with E-state index < -0.39 is 0 Å². The third-order valence-corrected chi connectivity index (χ3v) is 4.73. The number of fused-ring (bicyclic) bond motifs is 1. The summed E-state index contributed by atoms with van der Waals surface area (Å²) in [7, 11) is 1.80. The van der Waals surface area contributed by atoms with Gasteiger partial charge in [-0.25, -0.2) is 9.97 Å². The summed E-state index contributed by atoms with van der Waals surface area (Å²) in [5.74, 6) is 1.51. The lowest BCUT2D eigenvalue weighted by Crippen LogP contribution is -2.20. The number of pyridine rings is 1. The number of hydrogen-bond acceptors (Lipinski definition) is 5. The molecule has 0 spiro atoms. The molecule has 4 rings (SSSR count). The molecule has 3 aromatic rings. The highest BCUT2D eigenvalue weighted by molar-refractivity contribution is 6.01. The number of carbonyl (C=O) groups excluding carboxylic acids is 1. The highest BCUT2D eigenvalue weighted by Crippen LogP contribution is 2.32. The molecule has 3 heterocycles.